The molecule has 1 aliphatic carbocycles. The van der Waals surface area contributed by atoms with Crippen LogP contribution in [0.1, 0.15) is 38.3 Å². The van der Waals surface area contributed by atoms with E-state index in [9.17, 15) is 13.5 Å². The third-order valence-electron chi connectivity index (χ3n) is 6.34. The molecular formula is C22H30N4O4S. The minimum absolute atomic E-state index is 0.0476. The number of rotatable bonds is 7. The highest BCUT2D eigenvalue weighted by Crippen LogP contribution is 2.49. The molecule has 4 rings (SSSR count). The maximum Gasteiger partial charge on any atom is 0.161 e. The summed E-state index contributed by atoms with van der Waals surface area (Å²) in [6, 6.07) is 9.26. The van der Waals surface area contributed by atoms with Gasteiger partial charge in [-0.2, -0.15) is 0 Å². The largest absolute Gasteiger partial charge is 0.399 e. The summed E-state index contributed by atoms with van der Waals surface area (Å²) < 4.78 is 31.2. The Hall–Kier alpha value is -2.23. The standard InChI is InChI=1S/C22H30N4O4S/c1-16-15-30-12-10-26(16)20-14-19(22(8-2-9-22)31(28,29)13-3-11-27)24-21(25-20)17-4-6-18(23)7-5-17/h4-7,14,16,27H,2-3,8-13,15,23H2,1H3/t16-/m0/s1. The summed E-state index contributed by atoms with van der Waals surface area (Å²) in [6.07, 6.45) is 2.14. The molecule has 31 heavy (non-hydrogen) atoms. The number of morpholine rings is 1. The van der Waals surface area contributed by atoms with E-state index in [4.69, 9.17) is 20.4 Å². The van der Waals surface area contributed by atoms with E-state index in [-0.39, 0.29) is 24.8 Å². The predicted molar refractivity (Wildman–Crippen MR) is 121 cm³/mol. The molecule has 0 spiro atoms. The molecule has 2 fully saturated rings. The van der Waals surface area contributed by atoms with Gasteiger partial charge in [0.05, 0.1) is 30.7 Å². The number of sulfone groups is 1. The van der Waals surface area contributed by atoms with Crippen LogP contribution < -0.4 is 10.6 Å². The summed E-state index contributed by atoms with van der Waals surface area (Å²) in [5.41, 5.74) is 7.82. The molecule has 9 heteroatoms. The van der Waals surface area contributed by atoms with Crippen molar-refractivity contribution in [2.24, 2.45) is 0 Å². The van der Waals surface area contributed by atoms with Crippen molar-refractivity contribution in [1.82, 2.24) is 9.97 Å². The van der Waals surface area contributed by atoms with E-state index >= 15 is 0 Å². The van der Waals surface area contributed by atoms with E-state index in [0.717, 1.165) is 17.8 Å². The molecule has 2 aromatic rings. The van der Waals surface area contributed by atoms with Crippen LogP contribution in [-0.2, 0) is 19.3 Å². The quantitative estimate of drug-likeness (QED) is 0.621. The SMILES string of the molecule is C[C@H]1COCCN1c1cc(C2(S(=O)(=O)CCCO)CCC2)nc(-c2ccc(N)cc2)n1. The third-order valence-corrected chi connectivity index (χ3v) is 8.97. The van der Waals surface area contributed by atoms with Gasteiger partial charge in [-0.1, -0.05) is 0 Å². The zero-order valence-corrected chi connectivity index (χ0v) is 18.6. The zero-order chi connectivity index (χ0) is 22.1. The fraction of sp³-hybridized carbons (Fsp3) is 0.545. The summed E-state index contributed by atoms with van der Waals surface area (Å²) >= 11 is 0. The number of anilines is 2. The molecular weight excluding hydrogens is 416 g/mol. The number of aliphatic hydroxyl groups excluding tert-OH is 1. The van der Waals surface area contributed by atoms with Crippen molar-refractivity contribution in [3.05, 3.63) is 36.0 Å². The van der Waals surface area contributed by atoms with Gasteiger partial charge in [0.1, 0.15) is 10.6 Å². The lowest BCUT2D eigenvalue weighted by molar-refractivity contribution is 0.0985. The first-order chi connectivity index (χ1) is 14.9. The van der Waals surface area contributed by atoms with Crippen molar-refractivity contribution in [3.8, 4) is 11.4 Å². The Morgan fingerprint density at radius 3 is 2.61 bits per heavy atom. The summed E-state index contributed by atoms with van der Waals surface area (Å²) in [4.78, 5) is 11.7. The molecule has 0 unspecified atom stereocenters. The number of nitrogens with zero attached hydrogens (tertiary/aromatic N) is 3. The molecule has 1 aromatic heterocycles. The summed E-state index contributed by atoms with van der Waals surface area (Å²) in [5.74, 6) is 1.17. The van der Waals surface area contributed by atoms with Crippen molar-refractivity contribution < 1.29 is 18.3 Å². The van der Waals surface area contributed by atoms with Crippen molar-refractivity contribution >= 4 is 21.3 Å². The molecule has 2 heterocycles. The fourth-order valence-corrected chi connectivity index (χ4v) is 6.55. The molecule has 1 atom stereocenters. The van der Waals surface area contributed by atoms with Crippen LogP contribution in [0.15, 0.2) is 30.3 Å². The number of hydrogen-bond acceptors (Lipinski definition) is 8. The molecule has 8 nitrogen and oxygen atoms in total. The lowest BCUT2D eigenvalue weighted by Gasteiger charge is -2.41. The summed E-state index contributed by atoms with van der Waals surface area (Å²) in [5, 5.41) is 9.20. The number of hydrogen-bond donors (Lipinski definition) is 2. The molecule has 3 N–H and O–H groups in total. The van der Waals surface area contributed by atoms with Crippen LogP contribution in [0.4, 0.5) is 11.5 Å². The van der Waals surface area contributed by atoms with Crippen LogP contribution in [0, 0.1) is 0 Å². The lowest BCUT2D eigenvalue weighted by atomic mass is 9.81. The van der Waals surface area contributed by atoms with E-state index < -0.39 is 14.6 Å². The van der Waals surface area contributed by atoms with Gasteiger partial charge in [-0.25, -0.2) is 18.4 Å². The number of benzene rings is 1. The highest BCUT2D eigenvalue weighted by atomic mass is 32.2. The third kappa shape index (κ3) is 4.14. The maximum absolute atomic E-state index is 13.3. The molecule has 1 aromatic carbocycles. The number of nitrogen functional groups attached to an aromatic ring is 1. The van der Waals surface area contributed by atoms with Gasteiger partial charge >= 0.3 is 0 Å². The van der Waals surface area contributed by atoms with Crippen molar-refractivity contribution in [1.29, 1.82) is 0 Å². The van der Waals surface area contributed by atoms with Crippen LogP contribution >= 0.6 is 0 Å². The molecule has 1 saturated heterocycles. The van der Waals surface area contributed by atoms with Gasteiger partial charge in [-0.3, -0.25) is 0 Å². The monoisotopic (exact) mass is 446 g/mol. The van der Waals surface area contributed by atoms with E-state index in [1.807, 2.05) is 18.2 Å². The van der Waals surface area contributed by atoms with E-state index in [2.05, 4.69) is 11.8 Å². The van der Waals surface area contributed by atoms with Gasteiger partial charge in [-0.05, 0) is 56.9 Å². The summed E-state index contributed by atoms with van der Waals surface area (Å²) in [6.45, 7) is 3.80. The first kappa shape index (κ1) is 22.0. The van der Waals surface area contributed by atoms with Gasteiger partial charge in [0, 0.05) is 30.5 Å². The van der Waals surface area contributed by atoms with Crippen LogP contribution in [0.2, 0.25) is 0 Å². The number of aromatic nitrogens is 2. The van der Waals surface area contributed by atoms with Gasteiger partial charge in [0.15, 0.2) is 15.7 Å². The molecule has 0 radical (unpaired) electrons. The minimum atomic E-state index is -3.48. The van der Waals surface area contributed by atoms with Crippen molar-refractivity contribution in [3.63, 3.8) is 0 Å². The first-order valence-corrected chi connectivity index (χ1v) is 12.4. The number of aliphatic hydroxyl groups is 1. The Morgan fingerprint density at radius 2 is 2.00 bits per heavy atom. The zero-order valence-electron chi connectivity index (χ0n) is 17.8. The molecule has 1 saturated carbocycles. The lowest BCUT2D eigenvalue weighted by Crippen LogP contribution is -2.46. The highest BCUT2D eigenvalue weighted by molar-refractivity contribution is 7.92. The average molecular weight is 447 g/mol. The number of ether oxygens (including phenoxy) is 1. The van der Waals surface area contributed by atoms with Gasteiger partial charge < -0.3 is 20.5 Å². The highest BCUT2D eigenvalue weighted by Gasteiger charge is 2.51. The van der Waals surface area contributed by atoms with Crippen molar-refractivity contribution in [2.45, 2.75) is 43.4 Å². The Kier molecular flexibility index (Phi) is 6.18. The molecule has 168 valence electrons. The van der Waals surface area contributed by atoms with Crippen molar-refractivity contribution in [2.75, 3.05) is 42.8 Å². The van der Waals surface area contributed by atoms with Gasteiger partial charge in [0.2, 0.25) is 0 Å². The fourth-order valence-electron chi connectivity index (χ4n) is 4.32. The molecule has 2 aliphatic rings. The second-order valence-electron chi connectivity index (χ2n) is 8.42. The Morgan fingerprint density at radius 1 is 1.26 bits per heavy atom. The Labute approximate surface area is 183 Å². The van der Waals surface area contributed by atoms with E-state index in [0.29, 0.717) is 49.8 Å². The second kappa shape index (κ2) is 8.72. The topological polar surface area (TPSA) is 119 Å². The molecule has 1 aliphatic heterocycles. The van der Waals surface area contributed by atoms with Gasteiger partial charge in [-0.15, -0.1) is 0 Å². The summed E-state index contributed by atoms with van der Waals surface area (Å²) in [7, 11) is -3.48. The van der Waals surface area contributed by atoms with Crippen LogP contribution in [0.3, 0.4) is 0 Å². The molecule has 0 amide bonds. The second-order valence-corrected chi connectivity index (χ2v) is 10.8. The van der Waals surface area contributed by atoms with E-state index in [1.165, 1.54) is 0 Å². The maximum atomic E-state index is 13.3. The number of nitrogens with two attached hydrogens (primary N) is 1. The minimum Gasteiger partial charge on any atom is -0.399 e. The average Bonchev–Trinajstić information content (AvgIpc) is 2.72. The smallest absolute Gasteiger partial charge is 0.161 e. The predicted octanol–water partition coefficient (Wildman–Crippen LogP) is 2.13. The molecule has 0 bridgehead atoms. The van der Waals surface area contributed by atoms with Gasteiger partial charge in [0.25, 0.3) is 0 Å². The first-order valence-electron chi connectivity index (χ1n) is 10.8. The normalized spacial score (nSPS) is 21.0. The van der Waals surface area contributed by atoms with E-state index in [1.54, 1.807) is 12.1 Å². The van der Waals surface area contributed by atoms with Crippen LogP contribution in [0.25, 0.3) is 11.4 Å². The van der Waals surface area contributed by atoms with Crippen LogP contribution in [0.5, 0.6) is 0 Å². The van der Waals surface area contributed by atoms with Crippen LogP contribution in [-0.4, -0.2) is 61.7 Å². The Bertz CT molecular complexity index is 1020. The Balaban J connectivity index is 1.84.